The van der Waals surface area contributed by atoms with Gasteiger partial charge < -0.3 is 4.57 Å². The SMILES string of the molecule is C1=CC(n2c3ccccc3c3ccccc32)c2ccccc21. The first kappa shape index (κ1) is 11.8. The smallest absolute Gasteiger partial charge is 0.0785 e. The summed E-state index contributed by atoms with van der Waals surface area (Å²) < 4.78 is 2.47. The van der Waals surface area contributed by atoms with Crippen molar-refractivity contribution in [2.45, 2.75) is 6.04 Å². The van der Waals surface area contributed by atoms with Crippen molar-refractivity contribution in [2.24, 2.45) is 0 Å². The van der Waals surface area contributed by atoms with Crippen molar-refractivity contribution in [3.8, 4) is 0 Å². The summed E-state index contributed by atoms with van der Waals surface area (Å²) in [4.78, 5) is 0. The summed E-state index contributed by atoms with van der Waals surface area (Å²) in [6, 6.07) is 26.3. The normalized spacial score (nSPS) is 16.5. The average molecular weight is 281 g/mol. The Bertz CT molecular complexity index is 983. The van der Waals surface area contributed by atoms with Crippen LogP contribution in [0.2, 0.25) is 0 Å². The first-order valence-corrected chi connectivity index (χ1v) is 7.68. The van der Waals surface area contributed by atoms with E-state index < -0.39 is 0 Å². The van der Waals surface area contributed by atoms with E-state index in [0.29, 0.717) is 0 Å². The molecule has 0 N–H and O–H groups in total. The molecule has 0 amide bonds. The van der Waals surface area contributed by atoms with E-state index in [-0.39, 0.29) is 6.04 Å². The fraction of sp³-hybridized carbons (Fsp3) is 0.0476. The standard InChI is InChI=1S/C21H15N/c1-2-8-16-15(7-1)13-14-21(16)22-19-11-5-3-9-17(19)18-10-4-6-12-20(18)22/h1-14,21H. The molecule has 4 aromatic rings. The highest BCUT2D eigenvalue weighted by molar-refractivity contribution is 6.08. The maximum absolute atomic E-state index is 2.47. The number of aromatic nitrogens is 1. The highest BCUT2D eigenvalue weighted by Gasteiger charge is 2.22. The lowest BCUT2D eigenvalue weighted by molar-refractivity contribution is 0.766. The van der Waals surface area contributed by atoms with E-state index in [2.05, 4.69) is 89.5 Å². The van der Waals surface area contributed by atoms with Gasteiger partial charge in [-0.05, 0) is 23.3 Å². The van der Waals surface area contributed by atoms with Crippen LogP contribution in [0.1, 0.15) is 17.2 Å². The lowest BCUT2D eigenvalue weighted by Crippen LogP contribution is -2.06. The van der Waals surface area contributed by atoms with Gasteiger partial charge >= 0.3 is 0 Å². The average Bonchev–Trinajstić information content (AvgIpc) is 3.14. The minimum atomic E-state index is 0.279. The summed E-state index contributed by atoms with van der Waals surface area (Å²) in [6.45, 7) is 0. The first-order chi connectivity index (χ1) is 10.9. The zero-order valence-corrected chi connectivity index (χ0v) is 12.1. The van der Waals surface area contributed by atoms with E-state index >= 15 is 0 Å². The minimum Gasteiger partial charge on any atom is -0.329 e. The molecule has 0 aliphatic heterocycles. The van der Waals surface area contributed by atoms with Crippen molar-refractivity contribution in [3.05, 3.63) is 90.0 Å². The molecule has 1 atom stereocenters. The molecule has 1 heteroatoms. The van der Waals surface area contributed by atoms with Gasteiger partial charge in [0.25, 0.3) is 0 Å². The number of para-hydroxylation sites is 2. The molecule has 1 nitrogen and oxygen atoms in total. The second-order valence-corrected chi connectivity index (χ2v) is 5.84. The van der Waals surface area contributed by atoms with Gasteiger partial charge in [-0.15, -0.1) is 0 Å². The number of rotatable bonds is 1. The third kappa shape index (κ3) is 1.48. The molecule has 0 saturated carbocycles. The van der Waals surface area contributed by atoms with E-state index in [0.717, 1.165) is 0 Å². The predicted octanol–water partition coefficient (Wildman–Crippen LogP) is 5.41. The van der Waals surface area contributed by atoms with Crippen LogP contribution in [0.15, 0.2) is 78.9 Å². The molecule has 0 spiro atoms. The summed E-state index contributed by atoms with van der Waals surface area (Å²) in [5, 5.41) is 2.66. The van der Waals surface area contributed by atoms with Crippen LogP contribution >= 0.6 is 0 Å². The molecular formula is C21H15N. The fourth-order valence-corrected chi connectivity index (χ4v) is 3.71. The topological polar surface area (TPSA) is 4.93 Å². The Kier molecular flexibility index (Phi) is 2.33. The minimum absolute atomic E-state index is 0.279. The van der Waals surface area contributed by atoms with Crippen molar-refractivity contribution in [1.29, 1.82) is 0 Å². The molecule has 1 heterocycles. The quantitative estimate of drug-likeness (QED) is 0.439. The Balaban J connectivity index is 1.90. The van der Waals surface area contributed by atoms with Gasteiger partial charge in [-0.3, -0.25) is 0 Å². The fourth-order valence-electron chi connectivity index (χ4n) is 3.71. The third-order valence-corrected chi connectivity index (χ3v) is 4.67. The van der Waals surface area contributed by atoms with Gasteiger partial charge in [-0.1, -0.05) is 72.8 Å². The number of hydrogen-bond donors (Lipinski definition) is 0. The number of benzene rings is 3. The highest BCUT2D eigenvalue weighted by atomic mass is 15.0. The van der Waals surface area contributed by atoms with Crippen LogP contribution in [0.3, 0.4) is 0 Å². The van der Waals surface area contributed by atoms with E-state index in [1.165, 1.54) is 32.9 Å². The second-order valence-electron chi connectivity index (χ2n) is 5.84. The van der Waals surface area contributed by atoms with Crippen LogP contribution in [-0.2, 0) is 0 Å². The summed E-state index contributed by atoms with van der Waals surface area (Å²) in [5.41, 5.74) is 5.31. The van der Waals surface area contributed by atoms with E-state index in [1.54, 1.807) is 0 Å². The lowest BCUT2D eigenvalue weighted by atomic mass is 10.1. The van der Waals surface area contributed by atoms with Crippen molar-refractivity contribution in [2.75, 3.05) is 0 Å². The Morgan fingerprint density at radius 3 is 1.95 bits per heavy atom. The Hall–Kier alpha value is -2.80. The zero-order chi connectivity index (χ0) is 14.5. The van der Waals surface area contributed by atoms with Crippen molar-refractivity contribution < 1.29 is 0 Å². The monoisotopic (exact) mass is 281 g/mol. The Morgan fingerprint density at radius 2 is 1.23 bits per heavy atom. The van der Waals surface area contributed by atoms with E-state index in [9.17, 15) is 0 Å². The molecule has 0 bridgehead atoms. The van der Waals surface area contributed by atoms with Crippen molar-refractivity contribution >= 4 is 27.9 Å². The number of allylic oxidation sites excluding steroid dienone is 1. The molecule has 1 aliphatic carbocycles. The summed E-state index contributed by atoms with van der Waals surface area (Å²) >= 11 is 0. The predicted molar refractivity (Wildman–Crippen MR) is 93.1 cm³/mol. The maximum Gasteiger partial charge on any atom is 0.0785 e. The maximum atomic E-state index is 2.47. The number of nitrogens with zero attached hydrogens (tertiary/aromatic N) is 1. The molecule has 5 rings (SSSR count). The largest absolute Gasteiger partial charge is 0.329 e. The second kappa shape index (κ2) is 4.35. The van der Waals surface area contributed by atoms with Crippen molar-refractivity contribution in [3.63, 3.8) is 0 Å². The highest BCUT2D eigenvalue weighted by Crippen LogP contribution is 2.38. The molecular weight excluding hydrogens is 266 g/mol. The first-order valence-electron chi connectivity index (χ1n) is 7.68. The van der Waals surface area contributed by atoms with Gasteiger partial charge in [0.15, 0.2) is 0 Å². The zero-order valence-electron chi connectivity index (χ0n) is 12.1. The van der Waals surface area contributed by atoms with Crippen LogP contribution < -0.4 is 0 Å². The molecule has 22 heavy (non-hydrogen) atoms. The molecule has 3 aromatic carbocycles. The van der Waals surface area contributed by atoms with Crippen LogP contribution in [0.5, 0.6) is 0 Å². The lowest BCUT2D eigenvalue weighted by Gasteiger charge is -2.16. The Morgan fingerprint density at radius 1 is 0.636 bits per heavy atom. The van der Waals surface area contributed by atoms with Crippen molar-refractivity contribution in [1.82, 2.24) is 4.57 Å². The van der Waals surface area contributed by atoms with Gasteiger partial charge in [-0.2, -0.15) is 0 Å². The van der Waals surface area contributed by atoms with Crippen LogP contribution in [-0.4, -0.2) is 4.57 Å². The molecule has 0 saturated heterocycles. The summed E-state index contributed by atoms with van der Waals surface area (Å²) in [7, 11) is 0. The van der Waals surface area contributed by atoms with E-state index in [4.69, 9.17) is 0 Å². The summed E-state index contributed by atoms with van der Waals surface area (Å²) in [5.74, 6) is 0. The van der Waals surface area contributed by atoms with Gasteiger partial charge in [0.1, 0.15) is 0 Å². The van der Waals surface area contributed by atoms with E-state index in [1.807, 2.05) is 0 Å². The molecule has 104 valence electrons. The molecule has 1 aliphatic rings. The Labute approximate surface area is 129 Å². The van der Waals surface area contributed by atoms with Gasteiger partial charge in [0, 0.05) is 21.8 Å². The molecule has 0 fully saturated rings. The van der Waals surface area contributed by atoms with Crippen LogP contribution in [0, 0.1) is 0 Å². The number of fused-ring (bicyclic) bond motifs is 4. The van der Waals surface area contributed by atoms with Gasteiger partial charge in [0.05, 0.1) is 6.04 Å². The number of hydrogen-bond acceptors (Lipinski definition) is 0. The summed E-state index contributed by atoms with van der Waals surface area (Å²) in [6.07, 6.45) is 4.55. The van der Waals surface area contributed by atoms with Crippen LogP contribution in [0.25, 0.3) is 27.9 Å². The van der Waals surface area contributed by atoms with Gasteiger partial charge in [0.2, 0.25) is 0 Å². The van der Waals surface area contributed by atoms with Crippen LogP contribution in [0.4, 0.5) is 0 Å². The molecule has 1 aromatic heterocycles. The molecule has 1 unspecified atom stereocenters. The third-order valence-electron chi connectivity index (χ3n) is 4.67. The molecule has 0 radical (unpaired) electrons. The van der Waals surface area contributed by atoms with Gasteiger partial charge in [-0.25, -0.2) is 0 Å².